The first-order valence-electron chi connectivity index (χ1n) is 7.03. The first-order chi connectivity index (χ1) is 11.1. The molecule has 23 heavy (non-hydrogen) atoms. The highest BCUT2D eigenvalue weighted by Crippen LogP contribution is 2.29. The quantitative estimate of drug-likeness (QED) is 0.722. The van der Waals surface area contributed by atoms with Crippen molar-refractivity contribution in [2.24, 2.45) is 0 Å². The minimum atomic E-state index is -0.344. The van der Waals surface area contributed by atoms with E-state index in [-0.39, 0.29) is 5.82 Å². The standard InChI is InChI=1S/C17H15ClFN3O/c1-22(9-11-8-12(18)6-7-15(11)23-2)17-16-13(19)4-3-5-14(16)20-10-21-17/h3-8,10H,9H2,1-2H3. The molecule has 0 bridgehead atoms. The van der Waals surface area contributed by atoms with Crippen molar-refractivity contribution < 1.29 is 9.13 Å². The minimum absolute atomic E-state index is 0.344. The van der Waals surface area contributed by atoms with Crippen molar-refractivity contribution in [2.45, 2.75) is 6.54 Å². The highest BCUT2D eigenvalue weighted by Gasteiger charge is 2.14. The Morgan fingerprint density at radius 3 is 2.83 bits per heavy atom. The molecule has 0 spiro atoms. The Bertz CT molecular complexity index is 851. The van der Waals surface area contributed by atoms with Crippen molar-refractivity contribution in [3.63, 3.8) is 0 Å². The zero-order valence-electron chi connectivity index (χ0n) is 12.8. The van der Waals surface area contributed by atoms with Gasteiger partial charge in [-0.1, -0.05) is 17.7 Å². The summed E-state index contributed by atoms with van der Waals surface area (Å²) in [7, 11) is 3.45. The molecule has 0 amide bonds. The molecule has 6 heteroatoms. The molecule has 4 nitrogen and oxygen atoms in total. The van der Waals surface area contributed by atoms with Crippen LogP contribution in [0.15, 0.2) is 42.7 Å². The molecule has 0 aliphatic carbocycles. The Labute approximate surface area is 138 Å². The number of benzene rings is 2. The maximum Gasteiger partial charge on any atom is 0.142 e. The second kappa shape index (κ2) is 6.38. The Morgan fingerprint density at radius 2 is 2.04 bits per heavy atom. The summed E-state index contributed by atoms with van der Waals surface area (Å²) in [6.45, 7) is 0.476. The molecule has 0 aliphatic heterocycles. The van der Waals surface area contributed by atoms with Crippen molar-refractivity contribution >= 4 is 28.3 Å². The SMILES string of the molecule is COc1ccc(Cl)cc1CN(C)c1ncnc2cccc(F)c12. The van der Waals surface area contributed by atoms with Gasteiger partial charge in [-0.2, -0.15) is 0 Å². The third-order valence-corrected chi connectivity index (χ3v) is 3.84. The van der Waals surface area contributed by atoms with Gasteiger partial charge < -0.3 is 9.64 Å². The molecule has 2 aromatic carbocycles. The summed E-state index contributed by atoms with van der Waals surface area (Å²) < 4.78 is 19.6. The normalized spacial score (nSPS) is 10.8. The second-order valence-electron chi connectivity index (χ2n) is 5.14. The predicted molar refractivity (Wildman–Crippen MR) is 89.6 cm³/mol. The van der Waals surface area contributed by atoms with Gasteiger partial charge in [0, 0.05) is 24.2 Å². The number of halogens is 2. The number of ether oxygens (including phenoxy) is 1. The smallest absolute Gasteiger partial charge is 0.142 e. The third kappa shape index (κ3) is 3.05. The lowest BCUT2D eigenvalue weighted by Crippen LogP contribution is -2.19. The highest BCUT2D eigenvalue weighted by molar-refractivity contribution is 6.30. The Balaban J connectivity index is 2.02. The Morgan fingerprint density at radius 1 is 1.22 bits per heavy atom. The lowest BCUT2D eigenvalue weighted by atomic mass is 10.1. The van der Waals surface area contributed by atoms with Crippen molar-refractivity contribution in [1.29, 1.82) is 0 Å². The largest absolute Gasteiger partial charge is 0.496 e. The molecule has 0 N–H and O–H groups in total. The van der Waals surface area contributed by atoms with E-state index in [1.54, 1.807) is 25.3 Å². The van der Waals surface area contributed by atoms with Crippen LogP contribution >= 0.6 is 11.6 Å². The summed E-state index contributed by atoms with van der Waals surface area (Å²) in [6, 6.07) is 10.2. The van der Waals surface area contributed by atoms with Gasteiger partial charge in [-0.05, 0) is 30.3 Å². The van der Waals surface area contributed by atoms with Gasteiger partial charge in [-0.15, -0.1) is 0 Å². The molecular formula is C17H15ClFN3O. The first-order valence-corrected chi connectivity index (χ1v) is 7.40. The van der Waals surface area contributed by atoms with E-state index in [9.17, 15) is 4.39 Å². The van der Waals surface area contributed by atoms with E-state index in [1.807, 2.05) is 24.1 Å². The summed E-state index contributed by atoms with van der Waals surface area (Å²) in [5.41, 5.74) is 1.46. The van der Waals surface area contributed by atoms with E-state index in [0.717, 1.165) is 11.3 Å². The first kappa shape index (κ1) is 15.5. The molecule has 0 aliphatic rings. The number of aromatic nitrogens is 2. The van der Waals surface area contributed by atoms with Crippen LogP contribution in [0, 0.1) is 5.82 Å². The fraction of sp³-hybridized carbons (Fsp3) is 0.176. The van der Waals surface area contributed by atoms with Gasteiger partial charge in [-0.25, -0.2) is 14.4 Å². The molecule has 0 saturated heterocycles. The fourth-order valence-electron chi connectivity index (χ4n) is 2.54. The van der Waals surface area contributed by atoms with E-state index in [0.29, 0.717) is 28.3 Å². The molecule has 0 saturated carbocycles. The topological polar surface area (TPSA) is 38.2 Å². The zero-order valence-corrected chi connectivity index (χ0v) is 13.5. The van der Waals surface area contributed by atoms with Gasteiger partial charge in [0.1, 0.15) is 23.7 Å². The van der Waals surface area contributed by atoms with Crippen LogP contribution < -0.4 is 9.64 Å². The maximum absolute atomic E-state index is 14.2. The minimum Gasteiger partial charge on any atom is -0.496 e. The van der Waals surface area contributed by atoms with Gasteiger partial charge in [-0.3, -0.25) is 0 Å². The highest BCUT2D eigenvalue weighted by atomic mass is 35.5. The summed E-state index contributed by atoms with van der Waals surface area (Å²) >= 11 is 6.06. The average Bonchev–Trinajstić information content (AvgIpc) is 2.55. The maximum atomic E-state index is 14.2. The van der Waals surface area contributed by atoms with Gasteiger partial charge in [0.2, 0.25) is 0 Å². The second-order valence-corrected chi connectivity index (χ2v) is 5.58. The van der Waals surface area contributed by atoms with Crippen LogP contribution in [0.4, 0.5) is 10.2 Å². The van der Waals surface area contributed by atoms with E-state index in [1.165, 1.54) is 12.4 Å². The third-order valence-electron chi connectivity index (χ3n) is 3.60. The van der Waals surface area contributed by atoms with Crippen molar-refractivity contribution in [3.8, 4) is 5.75 Å². The van der Waals surface area contributed by atoms with Crippen molar-refractivity contribution in [2.75, 3.05) is 19.1 Å². The lowest BCUT2D eigenvalue weighted by molar-refractivity contribution is 0.409. The number of anilines is 1. The monoisotopic (exact) mass is 331 g/mol. The number of methoxy groups -OCH3 is 1. The molecule has 0 radical (unpaired) electrons. The molecule has 1 heterocycles. The molecule has 3 rings (SSSR count). The van der Waals surface area contributed by atoms with Crippen LogP contribution in [0.1, 0.15) is 5.56 Å². The number of hydrogen-bond donors (Lipinski definition) is 0. The molecule has 118 valence electrons. The van der Waals surface area contributed by atoms with Crippen molar-refractivity contribution in [3.05, 3.63) is 59.1 Å². The van der Waals surface area contributed by atoms with Crippen LogP contribution in [0.2, 0.25) is 5.02 Å². The average molecular weight is 332 g/mol. The van der Waals surface area contributed by atoms with Gasteiger partial charge in [0.15, 0.2) is 0 Å². The summed E-state index contributed by atoms with van der Waals surface area (Å²) in [6.07, 6.45) is 1.43. The number of hydrogen-bond acceptors (Lipinski definition) is 4. The van der Waals surface area contributed by atoms with Gasteiger partial charge in [0.25, 0.3) is 0 Å². The zero-order chi connectivity index (χ0) is 16.4. The molecule has 1 aromatic heterocycles. The predicted octanol–water partition coefficient (Wildman–Crippen LogP) is 4.07. The number of fused-ring (bicyclic) bond motifs is 1. The van der Waals surface area contributed by atoms with Crippen LogP contribution in [-0.4, -0.2) is 24.1 Å². The molecule has 0 fully saturated rings. The Kier molecular flexibility index (Phi) is 4.30. The molecule has 0 atom stereocenters. The summed E-state index contributed by atoms with van der Waals surface area (Å²) in [5.74, 6) is 0.901. The van der Waals surface area contributed by atoms with E-state index < -0.39 is 0 Å². The Hall–Kier alpha value is -2.40. The molecule has 3 aromatic rings. The molecular weight excluding hydrogens is 317 g/mol. The van der Waals surface area contributed by atoms with Gasteiger partial charge >= 0.3 is 0 Å². The fourth-order valence-corrected chi connectivity index (χ4v) is 2.74. The van der Waals surface area contributed by atoms with Crippen LogP contribution in [0.5, 0.6) is 5.75 Å². The van der Waals surface area contributed by atoms with Crippen LogP contribution in [0.3, 0.4) is 0 Å². The van der Waals surface area contributed by atoms with E-state index in [2.05, 4.69) is 9.97 Å². The lowest BCUT2D eigenvalue weighted by Gasteiger charge is -2.21. The van der Waals surface area contributed by atoms with Crippen LogP contribution in [-0.2, 0) is 6.54 Å². The summed E-state index contributed by atoms with van der Waals surface area (Å²) in [5, 5.41) is 1.02. The molecule has 0 unspecified atom stereocenters. The van der Waals surface area contributed by atoms with Crippen LogP contribution in [0.25, 0.3) is 10.9 Å². The number of rotatable bonds is 4. The number of nitrogens with zero attached hydrogens (tertiary/aromatic N) is 3. The summed E-state index contributed by atoms with van der Waals surface area (Å²) in [4.78, 5) is 10.2. The van der Waals surface area contributed by atoms with E-state index in [4.69, 9.17) is 16.3 Å². The van der Waals surface area contributed by atoms with Crippen molar-refractivity contribution in [1.82, 2.24) is 9.97 Å². The van der Waals surface area contributed by atoms with E-state index >= 15 is 0 Å². The van der Waals surface area contributed by atoms with Gasteiger partial charge in [0.05, 0.1) is 18.0 Å².